The molecule has 0 aliphatic carbocycles. The molecule has 2 aromatic rings. The molecule has 1 aliphatic heterocycles. The molecule has 0 atom stereocenters. The molecule has 1 aromatic heterocycles. The number of rotatable bonds is 7. The Kier molecular flexibility index (Phi) is 7.35. The summed E-state index contributed by atoms with van der Waals surface area (Å²) in [4.78, 5) is 13.8. The molecule has 0 bridgehead atoms. The first-order valence-electron chi connectivity index (χ1n) is 9.76. The second-order valence-electron chi connectivity index (χ2n) is 6.43. The lowest BCUT2D eigenvalue weighted by Crippen LogP contribution is -2.52. The highest BCUT2D eigenvalue weighted by molar-refractivity contribution is 5.80. The van der Waals surface area contributed by atoms with Crippen LogP contribution in [0.15, 0.2) is 53.7 Å². The molecule has 0 unspecified atom stereocenters. The highest BCUT2D eigenvalue weighted by Gasteiger charge is 2.20. The van der Waals surface area contributed by atoms with Gasteiger partial charge in [0.2, 0.25) is 0 Å². The number of ether oxygens (including phenoxy) is 2. The van der Waals surface area contributed by atoms with E-state index in [1.807, 2.05) is 42.6 Å². The van der Waals surface area contributed by atoms with E-state index in [1.54, 1.807) is 7.11 Å². The Labute approximate surface area is 167 Å². The number of nitrogens with zero attached hydrogens (tertiary/aromatic N) is 4. The number of aromatic nitrogens is 1. The van der Waals surface area contributed by atoms with Gasteiger partial charge in [-0.25, -0.2) is 9.98 Å². The van der Waals surface area contributed by atoms with E-state index in [1.165, 1.54) is 0 Å². The van der Waals surface area contributed by atoms with Crippen molar-refractivity contribution in [3.05, 3.63) is 48.7 Å². The van der Waals surface area contributed by atoms with E-state index in [0.717, 1.165) is 56.0 Å². The minimum atomic E-state index is 0.524. The maximum absolute atomic E-state index is 5.79. The summed E-state index contributed by atoms with van der Waals surface area (Å²) in [6.45, 7) is 7.75. The van der Waals surface area contributed by atoms with Gasteiger partial charge in [0.25, 0.3) is 0 Å². The van der Waals surface area contributed by atoms with E-state index < -0.39 is 0 Å². The first-order valence-corrected chi connectivity index (χ1v) is 9.76. The lowest BCUT2D eigenvalue weighted by Gasteiger charge is -2.37. The van der Waals surface area contributed by atoms with Crippen molar-refractivity contribution < 1.29 is 9.47 Å². The molecule has 28 heavy (non-hydrogen) atoms. The number of anilines is 1. The minimum Gasteiger partial charge on any atom is -0.497 e. The number of hydrogen-bond donors (Lipinski definition) is 1. The molecule has 7 nitrogen and oxygen atoms in total. The van der Waals surface area contributed by atoms with Crippen molar-refractivity contribution in [3.63, 3.8) is 0 Å². The predicted molar refractivity (Wildman–Crippen MR) is 112 cm³/mol. The zero-order valence-electron chi connectivity index (χ0n) is 16.7. The molecular formula is C21H29N5O2. The maximum atomic E-state index is 5.79. The summed E-state index contributed by atoms with van der Waals surface area (Å²) in [7, 11) is 1.65. The topological polar surface area (TPSA) is 62.2 Å². The smallest absolute Gasteiger partial charge is 0.194 e. The van der Waals surface area contributed by atoms with E-state index in [0.29, 0.717) is 13.2 Å². The number of aliphatic imine (C=N–C) groups is 1. The molecule has 1 saturated heterocycles. The minimum absolute atomic E-state index is 0.524. The van der Waals surface area contributed by atoms with Crippen molar-refractivity contribution in [2.24, 2.45) is 4.99 Å². The zero-order valence-corrected chi connectivity index (χ0v) is 16.7. The SMILES string of the molecule is CCNC(=NCCOc1cccc(OC)c1)N1CCN(c2ccccn2)CC1. The molecule has 3 rings (SSSR count). The van der Waals surface area contributed by atoms with Gasteiger partial charge in [0.05, 0.1) is 13.7 Å². The van der Waals surface area contributed by atoms with Crippen LogP contribution >= 0.6 is 0 Å². The van der Waals surface area contributed by atoms with Crippen LogP contribution in [0.5, 0.6) is 11.5 Å². The van der Waals surface area contributed by atoms with Crippen LogP contribution in [-0.4, -0.2) is 68.8 Å². The van der Waals surface area contributed by atoms with Gasteiger partial charge in [-0.15, -0.1) is 0 Å². The molecule has 1 fully saturated rings. The van der Waals surface area contributed by atoms with Crippen LogP contribution in [0.25, 0.3) is 0 Å². The molecule has 1 aliphatic rings. The lowest BCUT2D eigenvalue weighted by molar-refractivity contribution is 0.322. The Bertz CT molecular complexity index is 745. The van der Waals surface area contributed by atoms with Crippen LogP contribution in [0.1, 0.15) is 6.92 Å². The van der Waals surface area contributed by atoms with Gasteiger partial charge in [-0.1, -0.05) is 12.1 Å². The quantitative estimate of drug-likeness (QED) is 0.450. The maximum Gasteiger partial charge on any atom is 0.194 e. The molecule has 0 amide bonds. The standard InChI is InChI=1S/C21H29N5O2/c1-3-22-21(24-11-16-28-19-8-6-7-18(17-19)27-2)26-14-12-25(13-15-26)20-9-4-5-10-23-20/h4-10,17H,3,11-16H2,1-2H3,(H,22,24). The van der Waals surface area contributed by atoms with Gasteiger partial charge in [-0.3, -0.25) is 0 Å². The molecule has 2 heterocycles. The molecule has 0 radical (unpaired) electrons. The molecule has 1 N–H and O–H groups in total. The summed E-state index contributed by atoms with van der Waals surface area (Å²) in [6, 6.07) is 13.7. The van der Waals surface area contributed by atoms with Crippen molar-refractivity contribution in [2.75, 3.05) is 57.9 Å². The molecule has 1 aromatic carbocycles. The normalized spacial score (nSPS) is 14.7. The summed E-state index contributed by atoms with van der Waals surface area (Å²) in [6.07, 6.45) is 1.84. The van der Waals surface area contributed by atoms with Crippen molar-refractivity contribution >= 4 is 11.8 Å². The summed E-state index contributed by atoms with van der Waals surface area (Å²) in [5.41, 5.74) is 0. The van der Waals surface area contributed by atoms with E-state index in [9.17, 15) is 0 Å². The van der Waals surface area contributed by atoms with E-state index in [-0.39, 0.29) is 0 Å². The van der Waals surface area contributed by atoms with E-state index in [2.05, 4.69) is 33.1 Å². The summed E-state index contributed by atoms with van der Waals surface area (Å²) < 4.78 is 11.0. The third-order valence-electron chi connectivity index (χ3n) is 4.55. The average Bonchev–Trinajstić information content (AvgIpc) is 2.77. The third kappa shape index (κ3) is 5.52. The number of nitrogens with one attached hydrogen (secondary N) is 1. The van der Waals surface area contributed by atoms with Crippen LogP contribution in [-0.2, 0) is 0 Å². The van der Waals surface area contributed by atoms with Gasteiger partial charge in [-0.05, 0) is 31.2 Å². The highest BCUT2D eigenvalue weighted by Crippen LogP contribution is 2.18. The number of methoxy groups -OCH3 is 1. The largest absolute Gasteiger partial charge is 0.497 e. The fourth-order valence-corrected chi connectivity index (χ4v) is 3.12. The Morgan fingerprint density at radius 2 is 1.93 bits per heavy atom. The highest BCUT2D eigenvalue weighted by atomic mass is 16.5. The van der Waals surface area contributed by atoms with Crippen LogP contribution < -0.4 is 19.7 Å². The zero-order chi connectivity index (χ0) is 19.6. The van der Waals surface area contributed by atoms with Crippen LogP contribution in [0, 0.1) is 0 Å². The Balaban J connectivity index is 1.50. The number of guanidine groups is 1. The van der Waals surface area contributed by atoms with Crippen LogP contribution in [0.3, 0.4) is 0 Å². The van der Waals surface area contributed by atoms with Gasteiger partial charge >= 0.3 is 0 Å². The van der Waals surface area contributed by atoms with E-state index in [4.69, 9.17) is 14.5 Å². The average molecular weight is 383 g/mol. The van der Waals surface area contributed by atoms with Crippen molar-refractivity contribution in [2.45, 2.75) is 6.92 Å². The van der Waals surface area contributed by atoms with Crippen LogP contribution in [0.4, 0.5) is 5.82 Å². The Morgan fingerprint density at radius 1 is 1.11 bits per heavy atom. The van der Waals surface area contributed by atoms with Crippen molar-refractivity contribution in [1.82, 2.24) is 15.2 Å². The van der Waals surface area contributed by atoms with E-state index >= 15 is 0 Å². The molecule has 0 saturated carbocycles. The Morgan fingerprint density at radius 3 is 2.64 bits per heavy atom. The first-order chi connectivity index (χ1) is 13.8. The summed E-state index contributed by atoms with van der Waals surface area (Å²) >= 11 is 0. The molecule has 7 heteroatoms. The summed E-state index contributed by atoms with van der Waals surface area (Å²) in [5, 5.41) is 3.39. The molecule has 150 valence electrons. The fraction of sp³-hybridized carbons (Fsp3) is 0.429. The fourth-order valence-electron chi connectivity index (χ4n) is 3.12. The molecular weight excluding hydrogens is 354 g/mol. The Hall–Kier alpha value is -2.96. The monoisotopic (exact) mass is 383 g/mol. The molecule has 0 spiro atoms. The first kappa shape index (κ1) is 19.8. The van der Waals surface area contributed by atoms with Gasteiger partial charge in [0.15, 0.2) is 5.96 Å². The van der Waals surface area contributed by atoms with Crippen molar-refractivity contribution in [1.29, 1.82) is 0 Å². The third-order valence-corrected chi connectivity index (χ3v) is 4.55. The second kappa shape index (κ2) is 10.4. The second-order valence-corrected chi connectivity index (χ2v) is 6.43. The number of benzene rings is 1. The van der Waals surface area contributed by atoms with Gasteiger partial charge in [-0.2, -0.15) is 0 Å². The van der Waals surface area contributed by atoms with Crippen molar-refractivity contribution in [3.8, 4) is 11.5 Å². The number of hydrogen-bond acceptors (Lipinski definition) is 5. The number of pyridine rings is 1. The van der Waals surface area contributed by atoms with Gasteiger partial charge < -0.3 is 24.6 Å². The lowest BCUT2D eigenvalue weighted by atomic mass is 10.3. The number of piperazine rings is 1. The van der Waals surface area contributed by atoms with Gasteiger partial charge in [0.1, 0.15) is 23.9 Å². The van der Waals surface area contributed by atoms with Gasteiger partial charge in [0, 0.05) is 45.0 Å². The van der Waals surface area contributed by atoms with Crippen LogP contribution in [0.2, 0.25) is 0 Å². The predicted octanol–water partition coefficient (Wildman–Crippen LogP) is 2.26. The summed E-state index contributed by atoms with van der Waals surface area (Å²) in [5.74, 6) is 3.57.